The molecule has 0 bridgehead atoms. The molecule has 0 spiro atoms. The fourth-order valence-corrected chi connectivity index (χ4v) is 2.21. The van der Waals surface area contributed by atoms with Gasteiger partial charge in [-0.1, -0.05) is 12.1 Å². The normalized spacial score (nSPS) is 16.8. The average molecular weight is 347 g/mol. The molecule has 0 aliphatic carbocycles. The Morgan fingerprint density at radius 3 is 2.38 bits per heavy atom. The van der Waals surface area contributed by atoms with E-state index in [0.29, 0.717) is 6.54 Å². The lowest BCUT2D eigenvalue weighted by Crippen LogP contribution is -2.39. The lowest BCUT2D eigenvalue weighted by Gasteiger charge is -2.30. The highest BCUT2D eigenvalue weighted by Gasteiger charge is 2.31. The molecule has 1 heterocycles. The lowest BCUT2D eigenvalue weighted by atomic mass is 10.1. The van der Waals surface area contributed by atoms with Gasteiger partial charge in [0.05, 0.1) is 0 Å². The van der Waals surface area contributed by atoms with Gasteiger partial charge in [-0.3, -0.25) is 4.90 Å². The molecule has 1 fully saturated rings. The number of likely N-dealkylation sites (tertiary alicyclic amines) is 1. The minimum Gasteiger partial charge on any atom is -0.406 e. The molecule has 1 aliphatic rings. The van der Waals surface area contributed by atoms with E-state index in [9.17, 15) is 13.2 Å². The van der Waals surface area contributed by atoms with Gasteiger partial charge in [0.2, 0.25) is 0 Å². The maximum absolute atomic E-state index is 12.1. The van der Waals surface area contributed by atoms with Crippen molar-refractivity contribution in [3.8, 4) is 5.75 Å². The Balaban J connectivity index is 0.00000200. The molecular formula is C13H19Cl2F3N2O. The number of nitrogens with zero attached hydrogens (tertiary/aromatic N) is 1. The zero-order chi connectivity index (χ0) is 13.9. The quantitative estimate of drug-likeness (QED) is 0.911. The van der Waals surface area contributed by atoms with Gasteiger partial charge in [-0.15, -0.1) is 38.0 Å². The second-order valence-electron chi connectivity index (χ2n) is 4.81. The average Bonchev–Trinajstić information content (AvgIpc) is 2.30. The van der Waals surface area contributed by atoms with Crippen LogP contribution in [0.3, 0.4) is 0 Å². The summed E-state index contributed by atoms with van der Waals surface area (Å²) >= 11 is 0. The summed E-state index contributed by atoms with van der Waals surface area (Å²) in [6.07, 6.45) is -2.78. The summed E-state index contributed by atoms with van der Waals surface area (Å²) < 4.78 is 40.3. The molecule has 0 aromatic heterocycles. The maximum Gasteiger partial charge on any atom is 0.573 e. The van der Waals surface area contributed by atoms with Crippen LogP contribution in [0.25, 0.3) is 0 Å². The van der Waals surface area contributed by atoms with E-state index in [1.807, 2.05) is 0 Å². The molecule has 2 rings (SSSR count). The van der Waals surface area contributed by atoms with E-state index in [1.165, 1.54) is 12.1 Å². The summed E-state index contributed by atoms with van der Waals surface area (Å²) in [6.45, 7) is 2.39. The van der Waals surface area contributed by atoms with Crippen LogP contribution >= 0.6 is 24.8 Å². The predicted octanol–water partition coefficient (Wildman–Crippen LogP) is 3.35. The molecule has 0 unspecified atom stereocenters. The van der Waals surface area contributed by atoms with Crippen molar-refractivity contribution in [2.24, 2.45) is 5.73 Å². The van der Waals surface area contributed by atoms with Crippen molar-refractivity contribution in [3.05, 3.63) is 29.8 Å². The number of ether oxygens (including phenoxy) is 1. The van der Waals surface area contributed by atoms with Gasteiger partial charge in [0, 0.05) is 12.6 Å². The smallest absolute Gasteiger partial charge is 0.406 e. The summed E-state index contributed by atoms with van der Waals surface area (Å²) in [5, 5.41) is 0. The Hall–Kier alpha value is -0.690. The summed E-state index contributed by atoms with van der Waals surface area (Å²) in [7, 11) is 0. The fraction of sp³-hybridized carbons (Fsp3) is 0.538. The van der Waals surface area contributed by atoms with Gasteiger partial charge in [0.15, 0.2) is 0 Å². The van der Waals surface area contributed by atoms with Crippen molar-refractivity contribution >= 4 is 24.8 Å². The van der Waals surface area contributed by atoms with Gasteiger partial charge in [-0.2, -0.15) is 0 Å². The molecule has 0 saturated carbocycles. The van der Waals surface area contributed by atoms with Crippen LogP contribution in [0.5, 0.6) is 5.75 Å². The van der Waals surface area contributed by atoms with Crippen molar-refractivity contribution in [3.63, 3.8) is 0 Å². The second-order valence-corrected chi connectivity index (χ2v) is 4.81. The van der Waals surface area contributed by atoms with E-state index >= 15 is 0 Å². The van der Waals surface area contributed by atoms with Crippen molar-refractivity contribution < 1.29 is 17.9 Å². The van der Waals surface area contributed by atoms with E-state index in [1.54, 1.807) is 12.1 Å². The standard InChI is InChI=1S/C13H17F3N2O.2ClH/c14-13(15,16)19-12-3-1-2-10(8-12)9-18-6-4-11(17)5-7-18;;/h1-3,8,11H,4-7,9,17H2;2*1H. The summed E-state index contributed by atoms with van der Waals surface area (Å²) in [6, 6.07) is 6.37. The molecule has 1 aliphatic heterocycles. The van der Waals surface area contributed by atoms with E-state index in [-0.39, 0.29) is 36.6 Å². The third-order valence-corrected chi connectivity index (χ3v) is 3.17. The van der Waals surface area contributed by atoms with Gasteiger partial charge < -0.3 is 10.5 Å². The molecule has 0 atom stereocenters. The molecule has 1 aromatic rings. The molecule has 0 radical (unpaired) electrons. The number of rotatable bonds is 3. The number of alkyl halides is 3. The summed E-state index contributed by atoms with van der Waals surface area (Å²) in [4.78, 5) is 2.19. The van der Waals surface area contributed by atoms with Gasteiger partial charge in [0.1, 0.15) is 5.75 Å². The first-order chi connectivity index (χ1) is 8.92. The monoisotopic (exact) mass is 346 g/mol. The highest BCUT2D eigenvalue weighted by Crippen LogP contribution is 2.24. The molecule has 1 saturated heterocycles. The highest BCUT2D eigenvalue weighted by molar-refractivity contribution is 5.85. The molecule has 0 amide bonds. The second kappa shape index (κ2) is 8.68. The van der Waals surface area contributed by atoms with Crippen LogP contribution in [0.15, 0.2) is 24.3 Å². The van der Waals surface area contributed by atoms with Crippen LogP contribution in [-0.4, -0.2) is 30.4 Å². The minimum absolute atomic E-state index is 0. The third-order valence-electron chi connectivity index (χ3n) is 3.17. The molecule has 2 N–H and O–H groups in total. The Kier molecular flexibility index (Phi) is 8.39. The van der Waals surface area contributed by atoms with Crippen LogP contribution in [-0.2, 0) is 6.54 Å². The first-order valence-corrected chi connectivity index (χ1v) is 6.25. The number of halogens is 5. The van der Waals surface area contributed by atoms with E-state index in [4.69, 9.17) is 5.73 Å². The molecular weight excluding hydrogens is 328 g/mol. The fourth-order valence-electron chi connectivity index (χ4n) is 2.21. The van der Waals surface area contributed by atoms with Gasteiger partial charge in [-0.05, 0) is 43.6 Å². The number of hydrogen-bond acceptors (Lipinski definition) is 3. The van der Waals surface area contributed by atoms with Crippen LogP contribution in [0, 0.1) is 0 Å². The lowest BCUT2D eigenvalue weighted by molar-refractivity contribution is -0.274. The number of benzene rings is 1. The van der Waals surface area contributed by atoms with Crippen molar-refractivity contribution in [2.75, 3.05) is 13.1 Å². The van der Waals surface area contributed by atoms with Crippen LogP contribution in [0.1, 0.15) is 18.4 Å². The maximum atomic E-state index is 12.1. The summed E-state index contributed by atoms with van der Waals surface area (Å²) in [5.74, 6) is -0.168. The SMILES string of the molecule is Cl.Cl.NC1CCN(Cc2cccc(OC(F)(F)F)c2)CC1. The Bertz CT molecular complexity index is 424. The highest BCUT2D eigenvalue weighted by atomic mass is 35.5. The van der Waals surface area contributed by atoms with Gasteiger partial charge in [-0.25, -0.2) is 0 Å². The largest absolute Gasteiger partial charge is 0.573 e. The van der Waals surface area contributed by atoms with Gasteiger partial charge >= 0.3 is 6.36 Å². The zero-order valence-corrected chi connectivity index (χ0v) is 12.9. The van der Waals surface area contributed by atoms with E-state index in [0.717, 1.165) is 31.5 Å². The van der Waals surface area contributed by atoms with Crippen molar-refractivity contribution in [1.29, 1.82) is 0 Å². The first kappa shape index (κ1) is 20.3. The molecule has 122 valence electrons. The van der Waals surface area contributed by atoms with Crippen LogP contribution in [0.2, 0.25) is 0 Å². The zero-order valence-electron chi connectivity index (χ0n) is 11.3. The Morgan fingerprint density at radius 2 is 1.81 bits per heavy atom. The van der Waals surface area contributed by atoms with Gasteiger partial charge in [0.25, 0.3) is 0 Å². The van der Waals surface area contributed by atoms with Crippen molar-refractivity contribution in [1.82, 2.24) is 4.90 Å². The molecule has 1 aromatic carbocycles. The Morgan fingerprint density at radius 1 is 1.19 bits per heavy atom. The summed E-state index contributed by atoms with van der Waals surface area (Å²) in [5.41, 5.74) is 6.63. The predicted molar refractivity (Wildman–Crippen MR) is 80.1 cm³/mol. The number of piperidine rings is 1. The Labute approximate surface area is 134 Å². The molecule has 8 heteroatoms. The van der Waals surface area contributed by atoms with E-state index < -0.39 is 6.36 Å². The van der Waals surface area contributed by atoms with Crippen LogP contribution in [0.4, 0.5) is 13.2 Å². The molecule has 3 nitrogen and oxygen atoms in total. The topological polar surface area (TPSA) is 38.5 Å². The molecule has 21 heavy (non-hydrogen) atoms. The third kappa shape index (κ3) is 7.22. The van der Waals surface area contributed by atoms with Crippen molar-refractivity contribution in [2.45, 2.75) is 31.8 Å². The minimum atomic E-state index is -4.64. The number of nitrogens with two attached hydrogens (primary N) is 1. The van der Waals surface area contributed by atoms with E-state index in [2.05, 4.69) is 9.64 Å². The van der Waals surface area contributed by atoms with Crippen LogP contribution < -0.4 is 10.5 Å². The first-order valence-electron chi connectivity index (χ1n) is 6.25. The number of hydrogen-bond donors (Lipinski definition) is 1.